The van der Waals surface area contributed by atoms with Gasteiger partial charge in [0.2, 0.25) is 5.95 Å². The third-order valence-corrected chi connectivity index (χ3v) is 2.80. The molecule has 1 heterocycles. The maximum atomic E-state index is 12.4. The predicted molar refractivity (Wildman–Crippen MR) is 71.8 cm³/mol. The van der Waals surface area contributed by atoms with Crippen molar-refractivity contribution >= 4 is 29.4 Å². The lowest BCUT2D eigenvalue weighted by Crippen LogP contribution is -2.34. The number of carboxylic acids is 1. The molecule has 104 valence electrons. The minimum atomic E-state index is -1.00. The number of aromatic amines is 1. The van der Waals surface area contributed by atoms with Crippen molar-refractivity contribution < 1.29 is 14.7 Å². The summed E-state index contributed by atoms with van der Waals surface area (Å²) in [6, 6.07) is 6.30. The van der Waals surface area contributed by atoms with E-state index >= 15 is 0 Å². The van der Waals surface area contributed by atoms with Crippen molar-refractivity contribution in [1.29, 1.82) is 0 Å². The Morgan fingerprint density at radius 1 is 1.30 bits per heavy atom. The fourth-order valence-corrected chi connectivity index (χ4v) is 1.71. The maximum absolute atomic E-state index is 12.4. The number of H-pyrrole nitrogens is 1. The van der Waals surface area contributed by atoms with E-state index in [9.17, 15) is 9.59 Å². The summed E-state index contributed by atoms with van der Waals surface area (Å²) in [6.07, 6.45) is 1.05. The number of carbonyl (C=O) groups is 2. The normalized spacial score (nSPS) is 10.2. The highest BCUT2D eigenvalue weighted by Crippen LogP contribution is 2.15. The molecule has 0 aliphatic rings. The van der Waals surface area contributed by atoms with Crippen LogP contribution in [0.1, 0.15) is 16.8 Å². The zero-order valence-corrected chi connectivity index (χ0v) is 11.0. The van der Waals surface area contributed by atoms with Gasteiger partial charge in [-0.25, -0.2) is 5.10 Å². The molecule has 2 aromatic rings. The molecule has 0 radical (unpaired) electrons. The first-order valence-corrected chi connectivity index (χ1v) is 6.10. The largest absolute Gasteiger partial charge is 0.481 e. The van der Waals surface area contributed by atoms with E-state index in [4.69, 9.17) is 16.7 Å². The summed E-state index contributed by atoms with van der Waals surface area (Å²) in [5, 5.41) is 15.5. The van der Waals surface area contributed by atoms with Crippen molar-refractivity contribution in [2.75, 3.05) is 11.4 Å². The molecule has 0 aliphatic carbocycles. The second-order valence-corrected chi connectivity index (χ2v) is 4.35. The van der Waals surface area contributed by atoms with E-state index in [2.05, 4.69) is 15.2 Å². The molecule has 8 heteroatoms. The summed E-state index contributed by atoms with van der Waals surface area (Å²) < 4.78 is 0. The van der Waals surface area contributed by atoms with Gasteiger partial charge in [-0.1, -0.05) is 11.6 Å². The minimum Gasteiger partial charge on any atom is -0.481 e. The van der Waals surface area contributed by atoms with Crippen LogP contribution in [0.5, 0.6) is 0 Å². The van der Waals surface area contributed by atoms with Crippen LogP contribution in [-0.4, -0.2) is 38.7 Å². The van der Waals surface area contributed by atoms with Crippen LogP contribution < -0.4 is 4.90 Å². The molecule has 7 nitrogen and oxygen atoms in total. The number of benzene rings is 1. The fraction of sp³-hybridized carbons (Fsp3) is 0.167. The van der Waals surface area contributed by atoms with Crippen molar-refractivity contribution in [1.82, 2.24) is 15.2 Å². The lowest BCUT2D eigenvalue weighted by atomic mass is 10.2. The molecule has 2 rings (SSSR count). The Morgan fingerprint density at radius 3 is 2.55 bits per heavy atom. The molecule has 1 aromatic heterocycles. The predicted octanol–water partition coefficient (Wildman–Crippen LogP) is 1.58. The summed E-state index contributed by atoms with van der Waals surface area (Å²) in [5.41, 5.74) is 0.385. The number of nitrogens with zero attached hydrogens (tertiary/aromatic N) is 3. The molecule has 0 saturated heterocycles. The van der Waals surface area contributed by atoms with Crippen molar-refractivity contribution in [3.63, 3.8) is 0 Å². The van der Waals surface area contributed by atoms with Gasteiger partial charge in [-0.2, -0.15) is 10.1 Å². The molecule has 0 spiro atoms. The lowest BCUT2D eigenvalue weighted by molar-refractivity contribution is -0.136. The summed E-state index contributed by atoms with van der Waals surface area (Å²) in [5.74, 6) is -1.18. The number of hydrogen-bond acceptors (Lipinski definition) is 4. The van der Waals surface area contributed by atoms with Gasteiger partial charge in [-0.05, 0) is 24.3 Å². The van der Waals surface area contributed by atoms with E-state index in [0.717, 1.165) is 0 Å². The number of aromatic nitrogens is 3. The number of hydrogen-bond donors (Lipinski definition) is 2. The highest BCUT2D eigenvalue weighted by atomic mass is 35.5. The molecular formula is C12H11ClN4O3. The number of aliphatic carboxylic acids is 1. The van der Waals surface area contributed by atoms with Gasteiger partial charge >= 0.3 is 5.97 Å². The standard InChI is InChI=1S/C12H11ClN4O3/c13-9-3-1-8(2-4-9)11(20)17(6-5-10(18)19)12-14-7-15-16-12/h1-4,7H,5-6H2,(H,18,19)(H,14,15,16). The summed E-state index contributed by atoms with van der Waals surface area (Å²) >= 11 is 5.77. The van der Waals surface area contributed by atoms with Gasteiger partial charge in [0.05, 0.1) is 6.42 Å². The van der Waals surface area contributed by atoms with Gasteiger partial charge < -0.3 is 5.11 Å². The number of halogens is 1. The minimum absolute atomic E-state index is 0.00795. The van der Waals surface area contributed by atoms with Crippen molar-refractivity contribution in [3.8, 4) is 0 Å². The van der Waals surface area contributed by atoms with E-state index in [1.807, 2.05) is 0 Å². The van der Waals surface area contributed by atoms with Crippen molar-refractivity contribution in [3.05, 3.63) is 41.2 Å². The number of carboxylic acid groups (broad SMARTS) is 1. The van der Waals surface area contributed by atoms with Crippen molar-refractivity contribution in [2.24, 2.45) is 0 Å². The third-order valence-electron chi connectivity index (χ3n) is 2.54. The van der Waals surface area contributed by atoms with Crippen molar-refractivity contribution in [2.45, 2.75) is 6.42 Å². The molecule has 2 N–H and O–H groups in total. The Morgan fingerprint density at radius 2 is 2.00 bits per heavy atom. The first-order chi connectivity index (χ1) is 9.58. The Balaban J connectivity index is 2.23. The van der Waals surface area contributed by atoms with E-state index < -0.39 is 5.97 Å². The van der Waals surface area contributed by atoms with Crippen LogP contribution in [0.3, 0.4) is 0 Å². The van der Waals surface area contributed by atoms with E-state index in [1.54, 1.807) is 24.3 Å². The molecule has 0 unspecified atom stereocenters. The number of amides is 1. The Hall–Kier alpha value is -2.41. The maximum Gasteiger partial charge on any atom is 0.305 e. The molecule has 1 aromatic carbocycles. The molecule has 1 amide bonds. The summed E-state index contributed by atoms with van der Waals surface area (Å²) in [4.78, 5) is 28.1. The average Bonchev–Trinajstić information content (AvgIpc) is 2.93. The van der Waals surface area contributed by atoms with Crippen LogP contribution in [0.2, 0.25) is 5.02 Å². The molecular weight excluding hydrogens is 284 g/mol. The van der Waals surface area contributed by atoms with Crippen LogP contribution in [0.4, 0.5) is 5.95 Å². The number of carbonyl (C=O) groups excluding carboxylic acids is 1. The molecule has 0 atom stereocenters. The van der Waals surface area contributed by atoms with Gasteiger partial charge in [0.25, 0.3) is 5.91 Å². The smallest absolute Gasteiger partial charge is 0.305 e. The summed E-state index contributed by atoms with van der Waals surface area (Å²) in [6.45, 7) is -0.00795. The second-order valence-electron chi connectivity index (χ2n) is 3.92. The van der Waals surface area contributed by atoms with E-state index in [-0.39, 0.29) is 24.8 Å². The van der Waals surface area contributed by atoms with E-state index in [1.165, 1.54) is 11.2 Å². The van der Waals surface area contributed by atoms with Gasteiger partial charge in [-0.15, -0.1) is 0 Å². The molecule has 20 heavy (non-hydrogen) atoms. The SMILES string of the molecule is O=C(O)CCN(C(=O)c1ccc(Cl)cc1)c1ncn[nH]1. The van der Waals surface area contributed by atoms with Crippen LogP contribution in [0.15, 0.2) is 30.6 Å². The van der Waals surface area contributed by atoms with E-state index in [0.29, 0.717) is 10.6 Å². The zero-order valence-electron chi connectivity index (χ0n) is 10.3. The topological polar surface area (TPSA) is 99.2 Å². The Kier molecular flexibility index (Phi) is 4.31. The monoisotopic (exact) mass is 294 g/mol. The number of nitrogens with one attached hydrogen (secondary N) is 1. The quantitative estimate of drug-likeness (QED) is 0.872. The average molecular weight is 295 g/mol. The first kappa shape index (κ1) is 14.0. The van der Waals surface area contributed by atoms with Crippen LogP contribution in [0.25, 0.3) is 0 Å². The Bertz CT molecular complexity index is 598. The van der Waals surface area contributed by atoms with Gasteiger partial charge in [0.15, 0.2) is 0 Å². The van der Waals surface area contributed by atoms with Gasteiger partial charge in [-0.3, -0.25) is 14.5 Å². The zero-order chi connectivity index (χ0) is 14.5. The molecule has 0 bridgehead atoms. The molecule has 0 aliphatic heterocycles. The van der Waals surface area contributed by atoms with Gasteiger partial charge in [0, 0.05) is 17.1 Å². The first-order valence-electron chi connectivity index (χ1n) is 5.72. The highest BCUT2D eigenvalue weighted by molar-refractivity contribution is 6.30. The fourth-order valence-electron chi connectivity index (χ4n) is 1.59. The second kappa shape index (κ2) is 6.16. The van der Waals surface area contributed by atoms with Crippen LogP contribution >= 0.6 is 11.6 Å². The molecule has 0 saturated carbocycles. The number of anilines is 1. The third kappa shape index (κ3) is 3.33. The lowest BCUT2D eigenvalue weighted by Gasteiger charge is -2.18. The number of rotatable bonds is 5. The van der Waals surface area contributed by atoms with Crippen LogP contribution in [0, 0.1) is 0 Å². The molecule has 0 fully saturated rings. The van der Waals surface area contributed by atoms with Crippen LogP contribution in [-0.2, 0) is 4.79 Å². The summed E-state index contributed by atoms with van der Waals surface area (Å²) in [7, 11) is 0. The Labute approximate surface area is 119 Å². The highest BCUT2D eigenvalue weighted by Gasteiger charge is 2.20. The van der Waals surface area contributed by atoms with Gasteiger partial charge in [0.1, 0.15) is 6.33 Å².